The van der Waals surface area contributed by atoms with Gasteiger partial charge in [0.2, 0.25) is 0 Å². The van der Waals surface area contributed by atoms with Gasteiger partial charge in [0.1, 0.15) is 0 Å². The molecule has 0 fully saturated rings. The number of esters is 1. The molecule has 10 heavy (non-hydrogen) atoms. The first-order chi connectivity index (χ1) is 4.45. The van der Waals surface area contributed by atoms with E-state index in [1.165, 1.54) is 20.4 Å². The van der Waals surface area contributed by atoms with Gasteiger partial charge >= 0.3 is 5.97 Å². The van der Waals surface area contributed by atoms with E-state index < -0.39 is 13.3 Å². The predicted octanol–water partition coefficient (Wildman–Crippen LogP) is 0.714. The minimum atomic E-state index is -2.53. The fourth-order valence-corrected chi connectivity index (χ4v) is 0.683. The van der Waals surface area contributed by atoms with Gasteiger partial charge in [-0.25, -0.2) is 4.79 Å². The third-order valence-corrected chi connectivity index (χ3v) is 1.47. The maximum Gasteiger partial charge on any atom is 0.332 e. The average Bonchev–Trinajstić information content (AvgIpc) is 1.81. The average molecular weight is 166 g/mol. The van der Waals surface area contributed by atoms with Crippen molar-refractivity contribution in [3.05, 3.63) is 0 Å². The summed E-state index contributed by atoms with van der Waals surface area (Å²) in [6, 6.07) is 0. The Morgan fingerprint density at radius 2 is 2.00 bits per heavy atom. The van der Waals surface area contributed by atoms with Crippen LogP contribution in [0.2, 0.25) is 0 Å². The molecule has 0 aromatic rings. The van der Waals surface area contributed by atoms with Crippen LogP contribution in [0.1, 0.15) is 0 Å². The molecule has 0 atom stereocenters. The Kier molecular flexibility index (Phi) is 3.61. The monoisotopic (exact) mass is 166 g/mol. The van der Waals surface area contributed by atoms with Gasteiger partial charge in [0.25, 0.3) is 0 Å². The second-order valence-electron chi connectivity index (χ2n) is 2.10. The Morgan fingerprint density at radius 1 is 1.50 bits per heavy atom. The summed E-state index contributed by atoms with van der Waals surface area (Å²) in [4.78, 5) is 10.4. The predicted molar refractivity (Wildman–Crippen MR) is 37.4 cm³/mol. The summed E-state index contributed by atoms with van der Waals surface area (Å²) in [5.41, 5.74) is 0. The lowest BCUT2D eigenvalue weighted by molar-refractivity contribution is -0.142. The van der Waals surface area contributed by atoms with Gasteiger partial charge in [0, 0.05) is 13.3 Å². The molecule has 0 aromatic carbocycles. The topological polar surface area (TPSA) is 52.6 Å². The molecule has 60 valence electrons. The quantitative estimate of drug-likeness (QED) is 0.457. The van der Waals surface area contributed by atoms with Crippen LogP contribution in [0.15, 0.2) is 0 Å². The van der Waals surface area contributed by atoms with E-state index in [1.54, 1.807) is 0 Å². The molecule has 0 amide bonds. The van der Waals surface area contributed by atoms with Crippen molar-refractivity contribution in [3.63, 3.8) is 0 Å². The van der Waals surface area contributed by atoms with Gasteiger partial charge in [-0.3, -0.25) is 4.57 Å². The molecule has 0 unspecified atom stereocenters. The Bertz CT molecular complexity index is 159. The number of carbonyl (C=O) groups is 1. The fraction of sp³-hybridized carbons (Fsp3) is 0.800. The van der Waals surface area contributed by atoms with Crippen molar-refractivity contribution in [1.82, 2.24) is 0 Å². The molecule has 0 spiro atoms. The van der Waals surface area contributed by atoms with Crippen molar-refractivity contribution in [2.24, 2.45) is 0 Å². The normalized spacial score (nSPS) is 11.1. The Morgan fingerprint density at radius 3 is 2.30 bits per heavy atom. The first kappa shape index (κ1) is 9.66. The van der Waals surface area contributed by atoms with Gasteiger partial charge in [-0.15, -0.1) is 0 Å². The van der Waals surface area contributed by atoms with E-state index >= 15 is 0 Å². The van der Waals surface area contributed by atoms with Crippen LogP contribution in [-0.4, -0.2) is 33.0 Å². The number of ether oxygens (including phenoxy) is 1. The zero-order valence-corrected chi connectivity index (χ0v) is 7.18. The first-order valence-corrected chi connectivity index (χ1v) is 5.24. The third-order valence-electron chi connectivity index (χ3n) is 0.721. The minimum Gasteiger partial charge on any atom is -0.467 e. The molecule has 0 aliphatic rings. The van der Waals surface area contributed by atoms with Crippen LogP contribution in [0.25, 0.3) is 0 Å². The van der Waals surface area contributed by atoms with E-state index in [9.17, 15) is 9.36 Å². The van der Waals surface area contributed by atoms with Crippen LogP contribution < -0.4 is 0 Å². The molecule has 0 N–H and O–H groups in total. The second kappa shape index (κ2) is 3.74. The van der Waals surface area contributed by atoms with Crippen molar-refractivity contribution in [3.8, 4) is 0 Å². The summed E-state index contributed by atoms with van der Waals surface area (Å²) in [6.45, 7) is 2.65. The lowest BCUT2D eigenvalue weighted by atomic mass is 10.8. The molecule has 0 saturated carbocycles. The molecule has 0 rings (SSSR count). The summed E-state index contributed by atoms with van der Waals surface area (Å²) >= 11 is 0. The van der Waals surface area contributed by atoms with E-state index in [0.717, 1.165) is 0 Å². The van der Waals surface area contributed by atoms with Crippen molar-refractivity contribution in [2.45, 2.75) is 0 Å². The van der Waals surface area contributed by atoms with Crippen LogP contribution in [0.5, 0.6) is 0 Å². The van der Waals surface area contributed by atoms with Crippen LogP contribution in [0, 0.1) is 0 Å². The number of methoxy groups -OCH3 is 1. The molecule has 0 radical (unpaired) electrons. The molecule has 0 saturated heterocycles. The third kappa shape index (κ3) is 5.79. The highest BCUT2D eigenvalue weighted by molar-refractivity contribution is 7.57. The van der Waals surface area contributed by atoms with E-state index in [1.807, 2.05) is 0 Å². The molecule has 0 aromatic heterocycles. The van der Waals surface area contributed by atoms with Crippen LogP contribution in [0.4, 0.5) is 0 Å². The van der Waals surface area contributed by atoms with E-state index in [2.05, 4.69) is 9.26 Å². The highest BCUT2D eigenvalue weighted by Crippen LogP contribution is 2.36. The zero-order valence-electron chi connectivity index (χ0n) is 6.29. The SMILES string of the molecule is COC(=O)COP(C)(C)=O. The van der Waals surface area contributed by atoms with Gasteiger partial charge in [-0.05, 0) is 0 Å². The fourth-order valence-electron chi connectivity index (χ4n) is 0.267. The van der Waals surface area contributed by atoms with E-state index in [-0.39, 0.29) is 6.61 Å². The van der Waals surface area contributed by atoms with Gasteiger partial charge in [0.05, 0.1) is 7.11 Å². The van der Waals surface area contributed by atoms with Crippen molar-refractivity contribution >= 4 is 13.3 Å². The summed E-state index contributed by atoms with van der Waals surface area (Å²) in [5, 5.41) is 0. The Hall–Kier alpha value is -0.340. The van der Waals surface area contributed by atoms with Gasteiger partial charge in [0.15, 0.2) is 14.0 Å². The lowest BCUT2D eigenvalue weighted by Gasteiger charge is -2.05. The van der Waals surface area contributed by atoms with Crippen molar-refractivity contribution in [1.29, 1.82) is 0 Å². The Balaban J connectivity index is 3.56. The largest absolute Gasteiger partial charge is 0.467 e. The molecule has 4 nitrogen and oxygen atoms in total. The highest BCUT2D eigenvalue weighted by atomic mass is 31.2. The number of rotatable bonds is 3. The molecular weight excluding hydrogens is 155 g/mol. The van der Waals surface area contributed by atoms with Gasteiger partial charge in [-0.2, -0.15) is 0 Å². The van der Waals surface area contributed by atoms with Crippen LogP contribution in [0.3, 0.4) is 0 Å². The second-order valence-corrected chi connectivity index (χ2v) is 4.86. The molecule has 0 bridgehead atoms. The van der Waals surface area contributed by atoms with Crippen LogP contribution in [-0.2, 0) is 18.6 Å². The maximum absolute atomic E-state index is 10.8. The van der Waals surface area contributed by atoms with Crippen molar-refractivity contribution in [2.75, 3.05) is 27.0 Å². The molecule has 0 heterocycles. The number of hydrogen-bond acceptors (Lipinski definition) is 4. The van der Waals surface area contributed by atoms with Crippen molar-refractivity contribution < 1.29 is 18.6 Å². The summed E-state index contributed by atoms with van der Waals surface area (Å²) in [5.74, 6) is -0.510. The smallest absolute Gasteiger partial charge is 0.332 e. The van der Waals surface area contributed by atoms with Gasteiger partial charge in [-0.1, -0.05) is 0 Å². The summed E-state index contributed by atoms with van der Waals surface area (Å²) < 4.78 is 19.7. The van der Waals surface area contributed by atoms with Gasteiger partial charge < -0.3 is 9.26 Å². The Labute approximate surface area is 60.0 Å². The summed E-state index contributed by atoms with van der Waals surface area (Å²) in [6.07, 6.45) is 0. The van der Waals surface area contributed by atoms with Crippen LogP contribution >= 0.6 is 7.37 Å². The van der Waals surface area contributed by atoms with E-state index in [4.69, 9.17) is 0 Å². The minimum absolute atomic E-state index is 0.235. The maximum atomic E-state index is 10.8. The molecule has 0 aliphatic carbocycles. The number of carbonyl (C=O) groups excluding carboxylic acids is 1. The summed E-state index contributed by atoms with van der Waals surface area (Å²) in [7, 11) is -1.28. The highest BCUT2D eigenvalue weighted by Gasteiger charge is 2.09. The molecular formula is C5H11O4P. The molecule has 0 aliphatic heterocycles. The van der Waals surface area contributed by atoms with E-state index in [0.29, 0.717) is 0 Å². The molecule has 5 heteroatoms. The first-order valence-electron chi connectivity index (χ1n) is 2.72. The lowest BCUT2D eigenvalue weighted by Crippen LogP contribution is -2.08. The zero-order chi connectivity index (χ0) is 8.20. The number of hydrogen-bond donors (Lipinski definition) is 0. The standard InChI is InChI=1S/C5H11O4P/c1-8-5(6)4-9-10(2,3)7/h4H2,1-3H3.